The van der Waals surface area contributed by atoms with Crippen molar-refractivity contribution in [2.45, 2.75) is 13.5 Å². The molecule has 1 aromatic rings. The molecule has 0 amide bonds. The van der Waals surface area contributed by atoms with Crippen molar-refractivity contribution in [3.8, 4) is 0 Å². The molecule has 0 heterocycles. The minimum atomic E-state index is -0.303. The molecule has 20 heavy (non-hydrogen) atoms. The minimum Gasteiger partial charge on any atom is -0.489 e. The molecule has 1 aromatic carbocycles. The Bertz CT molecular complexity index is 553. The van der Waals surface area contributed by atoms with Crippen LogP contribution in [0.1, 0.15) is 12.5 Å². The fraction of sp³-hybridized carbons (Fsp3) is 0.235. The van der Waals surface area contributed by atoms with Crippen molar-refractivity contribution < 1.29 is 14.3 Å². The SMILES string of the molecule is C/C=C(/C(=O)OC)C1C=CC(OCc2ccccc2)=C1. The Labute approximate surface area is 119 Å². The lowest BCUT2D eigenvalue weighted by molar-refractivity contribution is -0.136. The van der Waals surface area contributed by atoms with E-state index in [1.807, 2.05) is 55.5 Å². The van der Waals surface area contributed by atoms with Crippen LogP contribution in [0.4, 0.5) is 0 Å². The van der Waals surface area contributed by atoms with Crippen LogP contribution in [0.3, 0.4) is 0 Å². The molecule has 3 nitrogen and oxygen atoms in total. The van der Waals surface area contributed by atoms with Crippen molar-refractivity contribution in [2.24, 2.45) is 5.92 Å². The molecule has 1 aliphatic rings. The standard InChI is InChI=1S/C17H18O3/c1-3-16(17(18)19-2)14-9-10-15(11-14)20-12-13-7-5-4-6-8-13/h3-11,14H,12H2,1-2H3/b16-3+. The first kappa shape index (κ1) is 14.1. The molecular formula is C17H18O3. The van der Waals surface area contributed by atoms with Crippen LogP contribution in [0, 0.1) is 5.92 Å². The quantitative estimate of drug-likeness (QED) is 0.607. The lowest BCUT2D eigenvalue weighted by atomic mass is 10.0. The zero-order chi connectivity index (χ0) is 14.4. The summed E-state index contributed by atoms with van der Waals surface area (Å²) in [6, 6.07) is 9.97. The fourth-order valence-electron chi connectivity index (χ4n) is 2.08. The largest absolute Gasteiger partial charge is 0.489 e. The second kappa shape index (κ2) is 6.75. The third-order valence-corrected chi connectivity index (χ3v) is 3.15. The van der Waals surface area contributed by atoms with Gasteiger partial charge in [-0.05, 0) is 24.6 Å². The lowest BCUT2D eigenvalue weighted by Crippen LogP contribution is -2.10. The molecule has 104 valence electrons. The second-order valence-electron chi connectivity index (χ2n) is 4.46. The summed E-state index contributed by atoms with van der Waals surface area (Å²) < 4.78 is 10.5. The van der Waals surface area contributed by atoms with E-state index < -0.39 is 0 Å². The zero-order valence-electron chi connectivity index (χ0n) is 11.7. The highest BCUT2D eigenvalue weighted by Crippen LogP contribution is 2.25. The van der Waals surface area contributed by atoms with Crippen LogP contribution >= 0.6 is 0 Å². The first-order chi connectivity index (χ1) is 9.74. The number of carbonyl (C=O) groups excluding carboxylic acids is 1. The fourth-order valence-corrected chi connectivity index (χ4v) is 2.08. The molecule has 1 atom stereocenters. The van der Waals surface area contributed by atoms with E-state index in [-0.39, 0.29) is 11.9 Å². The average molecular weight is 270 g/mol. The number of allylic oxidation sites excluding steroid dienone is 4. The number of esters is 1. The van der Waals surface area contributed by atoms with Gasteiger partial charge in [0.2, 0.25) is 0 Å². The molecule has 0 aromatic heterocycles. The van der Waals surface area contributed by atoms with Crippen LogP contribution in [0.2, 0.25) is 0 Å². The lowest BCUT2D eigenvalue weighted by Gasteiger charge is -2.08. The van der Waals surface area contributed by atoms with E-state index in [1.165, 1.54) is 7.11 Å². The molecule has 1 aliphatic carbocycles. The van der Waals surface area contributed by atoms with Gasteiger partial charge < -0.3 is 9.47 Å². The van der Waals surface area contributed by atoms with E-state index in [2.05, 4.69) is 0 Å². The summed E-state index contributed by atoms with van der Waals surface area (Å²) in [5.41, 5.74) is 1.74. The molecule has 0 aliphatic heterocycles. The van der Waals surface area contributed by atoms with E-state index in [4.69, 9.17) is 9.47 Å². The molecule has 0 fully saturated rings. The van der Waals surface area contributed by atoms with Crippen LogP contribution in [0.15, 0.2) is 66.0 Å². The van der Waals surface area contributed by atoms with Crippen molar-refractivity contribution in [3.05, 3.63) is 71.5 Å². The maximum Gasteiger partial charge on any atom is 0.334 e. The van der Waals surface area contributed by atoms with Gasteiger partial charge in [-0.2, -0.15) is 0 Å². The Kier molecular flexibility index (Phi) is 4.77. The maximum atomic E-state index is 11.6. The number of rotatable bonds is 5. The molecule has 0 radical (unpaired) electrons. The first-order valence-electron chi connectivity index (χ1n) is 6.56. The molecule has 2 rings (SSSR count). The summed E-state index contributed by atoms with van der Waals surface area (Å²) >= 11 is 0. The normalized spacial score (nSPS) is 17.8. The van der Waals surface area contributed by atoms with Gasteiger partial charge in [0.05, 0.1) is 7.11 Å². The number of methoxy groups -OCH3 is 1. The molecule has 0 N–H and O–H groups in total. The van der Waals surface area contributed by atoms with Gasteiger partial charge in [0.25, 0.3) is 0 Å². The van der Waals surface area contributed by atoms with Crippen LogP contribution < -0.4 is 0 Å². The Hall–Kier alpha value is -2.29. The molecule has 0 saturated heterocycles. The van der Waals surface area contributed by atoms with Gasteiger partial charge in [-0.15, -0.1) is 0 Å². The van der Waals surface area contributed by atoms with E-state index in [9.17, 15) is 4.79 Å². The van der Waals surface area contributed by atoms with Gasteiger partial charge in [-0.25, -0.2) is 4.79 Å². The number of hydrogen-bond donors (Lipinski definition) is 0. The summed E-state index contributed by atoms with van der Waals surface area (Å²) in [4.78, 5) is 11.6. The van der Waals surface area contributed by atoms with Gasteiger partial charge in [0.15, 0.2) is 0 Å². The van der Waals surface area contributed by atoms with E-state index in [1.54, 1.807) is 6.08 Å². The van der Waals surface area contributed by atoms with Gasteiger partial charge in [-0.3, -0.25) is 0 Å². The smallest absolute Gasteiger partial charge is 0.334 e. The van der Waals surface area contributed by atoms with Crippen LogP contribution in [-0.2, 0) is 20.9 Å². The van der Waals surface area contributed by atoms with Crippen molar-refractivity contribution in [3.63, 3.8) is 0 Å². The van der Waals surface area contributed by atoms with Crippen LogP contribution in [0.5, 0.6) is 0 Å². The Morgan fingerprint density at radius 3 is 2.70 bits per heavy atom. The van der Waals surface area contributed by atoms with Crippen molar-refractivity contribution >= 4 is 5.97 Å². The Morgan fingerprint density at radius 1 is 1.30 bits per heavy atom. The third kappa shape index (κ3) is 3.38. The van der Waals surface area contributed by atoms with E-state index >= 15 is 0 Å². The highest BCUT2D eigenvalue weighted by molar-refractivity contribution is 5.90. The van der Waals surface area contributed by atoms with Gasteiger partial charge in [0.1, 0.15) is 12.4 Å². The summed E-state index contributed by atoms with van der Waals surface area (Å²) in [5, 5.41) is 0. The van der Waals surface area contributed by atoms with Crippen molar-refractivity contribution in [2.75, 3.05) is 7.11 Å². The molecule has 0 bridgehead atoms. The average Bonchev–Trinajstić information content (AvgIpc) is 2.95. The van der Waals surface area contributed by atoms with Crippen molar-refractivity contribution in [1.29, 1.82) is 0 Å². The monoisotopic (exact) mass is 270 g/mol. The first-order valence-corrected chi connectivity index (χ1v) is 6.56. The molecular weight excluding hydrogens is 252 g/mol. The number of benzene rings is 1. The van der Waals surface area contributed by atoms with E-state index in [0.717, 1.165) is 11.3 Å². The summed E-state index contributed by atoms with van der Waals surface area (Å²) in [6.45, 7) is 2.35. The Morgan fingerprint density at radius 2 is 2.05 bits per heavy atom. The Balaban J connectivity index is 1.97. The highest BCUT2D eigenvalue weighted by atomic mass is 16.5. The summed E-state index contributed by atoms with van der Waals surface area (Å²) in [5.74, 6) is 0.406. The predicted molar refractivity (Wildman–Crippen MR) is 77.7 cm³/mol. The molecule has 0 saturated carbocycles. The van der Waals surface area contributed by atoms with Gasteiger partial charge >= 0.3 is 5.97 Å². The second-order valence-corrected chi connectivity index (χ2v) is 4.46. The van der Waals surface area contributed by atoms with Gasteiger partial charge in [-0.1, -0.05) is 42.5 Å². The van der Waals surface area contributed by atoms with Crippen molar-refractivity contribution in [1.82, 2.24) is 0 Å². The molecule has 1 unspecified atom stereocenters. The highest BCUT2D eigenvalue weighted by Gasteiger charge is 2.20. The topological polar surface area (TPSA) is 35.5 Å². The van der Waals surface area contributed by atoms with E-state index in [0.29, 0.717) is 12.2 Å². The predicted octanol–water partition coefficient (Wildman–Crippen LogP) is 3.39. The number of hydrogen-bond acceptors (Lipinski definition) is 3. The number of carbonyl (C=O) groups is 1. The summed E-state index contributed by atoms with van der Waals surface area (Å²) in [6.07, 6.45) is 7.53. The summed E-state index contributed by atoms with van der Waals surface area (Å²) in [7, 11) is 1.39. The van der Waals surface area contributed by atoms with Gasteiger partial charge in [0, 0.05) is 11.5 Å². The van der Waals surface area contributed by atoms with Crippen LogP contribution in [-0.4, -0.2) is 13.1 Å². The number of ether oxygens (including phenoxy) is 2. The maximum absolute atomic E-state index is 11.6. The third-order valence-electron chi connectivity index (χ3n) is 3.15. The zero-order valence-corrected chi connectivity index (χ0v) is 11.7. The molecule has 0 spiro atoms. The minimum absolute atomic E-state index is 0.0711. The van der Waals surface area contributed by atoms with Crippen LogP contribution in [0.25, 0.3) is 0 Å². The molecule has 3 heteroatoms.